The van der Waals surface area contributed by atoms with Crippen LogP contribution in [-0.4, -0.2) is 41.7 Å². The first-order chi connectivity index (χ1) is 8.49. The smallest absolute Gasteiger partial charge is 0.268 e. The summed E-state index contributed by atoms with van der Waals surface area (Å²) in [6.07, 6.45) is 1.22. The van der Waals surface area contributed by atoms with Crippen LogP contribution in [0.15, 0.2) is 17.1 Å². The van der Waals surface area contributed by atoms with Crippen LogP contribution in [0.5, 0.6) is 5.75 Å². The van der Waals surface area contributed by atoms with Gasteiger partial charge in [-0.3, -0.25) is 14.4 Å². The number of nitrogens with two attached hydrogens (primary N) is 1. The Labute approximate surface area is 102 Å². The maximum Gasteiger partial charge on any atom is 0.268 e. The number of aromatic amines is 1. The lowest BCUT2D eigenvalue weighted by Crippen LogP contribution is -2.47. The van der Waals surface area contributed by atoms with E-state index in [-0.39, 0.29) is 11.4 Å². The van der Waals surface area contributed by atoms with E-state index < -0.39 is 29.9 Å². The van der Waals surface area contributed by atoms with Gasteiger partial charge in [-0.05, 0) is 0 Å². The molecule has 18 heavy (non-hydrogen) atoms. The first kappa shape index (κ1) is 13.7. The molecule has 0 aliphatic heterocycles. The second kappa shape index (κ2) is 5.82. The third-order valence-electron chi connectivity index (χ3n) is 2.17. The van der Waals surface area contributed by atoms with Gasteiger partial charge in [-0.2, -0.15) is 0 Å². The number of H-pyrrole nitrogens is 1. The molecule has 98 valence electrons. The summed E-state index contributed by atoms with van der Waals surface area (Å²) < 4.78 is 4.73. The second-order valence-corrected chi connectivity index (χ2v) is 3.39. The van der Waals surface area contributed by atoms with Crippen LogP contribution in [0.3, 0.4) is 0 Å². The predicted molar refractivity (Wildman–Crippen MR) is 61.1 cm³/mol. The maximum absolute atomic E-state index is 11.6. The number of amides is 2. The van der Waals surface area contributed by atoms with Gasteiger partial charge in [-0.1, -0.05) is 0 Å². The lowest BCUT2D eigenvalue weighted by molar-refractivity contribution is -0.120. The van der Waals surface area contributed by atoms with Crippen molar-refractivity contribution in [1.29, 1.82) is 0 Å². The van der Waals surface area contributed by atoms with Crippen molar-refractivity contribution >= 4 is 11.8 Å². The molecule has 0 fully saturated rings. The molecule has 0 aliphatic carbocycles. The lowest BCUT2D eigenvalue weighted by Gasteiger charge is -2.12. The minimum absolute atomic E-state index is 0.0557. The minimum atomic E-state index is -1.21. The molecule has 1 heterocycles. The fraction of sp³-hybridized carbons (Fsp3) is 0.300. The highest BCUT2D eigenvalue weighted by Gasteiger charge is 2.18. The van der Waals surface area contributed by atoms with Gasteiger partial charge in [0.05, 0.1) is 13.7 Å². The Hall–Kier alpha value is -2.35. The minimum Gasteiger partial charge on any atom is -0.491 e. The molecule has 8 nitrogen and oxygen atoms in total. The SMILES string of the molecule is COc1c[nH]c(C(=O)N[C@@H](CO)C(N)=O)cc1=O. The third kappa shape index (κ3) is 3.08. The number of aliphatic hydroxyl groups is 1. The Kier molecular flexibility index (Phi) is 4.44. The monoisotopic (exact) mass is 255 g/mol. The van der Waals surface area contributed by atoms with Crippen molar-refractivity contribution in [2.45, 2.75) is 6.04 Å². The molecule has 2 amide bonds. The first-order valence-corrected chi connectivity index (χ1v) is 4.97. The number of pyridine rings is 1. The van der Waals surface area contributed by atoms with E-state index in [9.17, 15) is 14.4 Å². The van der Waals surface area contributed by atoms with Crippen LogP contribution in [0.1, 0.15) is 10.5 Å². The number of nitrogens with one attached hydrogen (secondary N) is 2. The van der Waals surface area contributed by atoms with Gasteiger partial charge in [0.2, 0.25) is 11.3 Å². The van der Waals surface area contributed by atoms with Crippen LogP contribution < -0.4 is 21.2 Å². The summed E-state index contributed by atoms with van der Waals surface area (Å²) >= 11 is 0. The average molecular weight is 255 g/mol. The molecule has 0 spiro atoms. The molecule has 0 aliphatic rings. The molecule has 1 rings (SSSR count). The van der Waals surface area contributed by atoms with Crippen molar-refractivity contribution in [3.05, 3.63) is 28.2 Å². The molecule has 0 saturated heterocycles. The van der Waals surface area contributed by atoms with Crippen molar-refractivity contribution in [3.63, 3.8) is 0 Å². The summed E-state index contributed by atoms with van der Waals surface area (Å²) in [6, 6.07) is -0.188. The van der Waals surface area contributed by atoms with Gasteiger partial charge >= 0.3 is 0 Å². The lowest BCUT2D eigenvalue weighted by atomic mass is 10.2. The van der Waals surface area contributed by atoms with Gasteiger partial charge in [0.1, 0.15) is 11.7 Å². The predicted octanol–water partition coefficient (Wildman–Crippen LogP) is -2.04. The molecular formula is C10H13N3O5. The fourth-order valence-corrected chi connectivity index (χ4v) is 1.19. The Morgan fingerprint density at radius 2 is 2.28 bits per heavy atom. The Bertz CT molecular complexity index is 510. The van der Waals surface area contributed by atoms with Crippen molar-refractivity contribution < 1.29 is 19.4 Å². The van der Waals surface area contributed by atoms with Crippen LogP contribution >= 0.6 is 0 Å². The number of aliphatic hydroxyl groups excluding tert-OH is 1. The van der Waals surface area contributed by atoms with Gasteiger partial charge in [0.25, 0.3) is 5.91 Å². The molecule has 5 N–H and O–H groups in total. The molecule has 0 aromatic carbocycles. The van der Waals surface area contributed by atoms with Gasteiger partial charge in [-0.25, -0.2) is 0 Å². The van der Waals surface area contributed by atoms with Crippen molar-refractivity contribution in [2.75, 3.05) is 13.7 Å². The van der Waals surface area contributed by atoms with E-state index in [4.69, 9.17) is 15.6 Å². The van der Waals surface area contributed by atoms with Crippen molar-refractivity contribution in [2.24, 2.45) is 5.73 Å². The summed E-state index contributed by atoms with van der Waals surface area (Å²) in [6.45, 7) is -0.624. The van der Waals surface area contributed by atoms with Crippen LogP contribution in [0, 0.1) is 0 Å². The summed E-state index contributed by atoms with van der Waals surface area (Å²) in [5, 5.41) is 11.0. The van der Waals surface area contributed by atoms with Crippen LogP contribution in [0.25, 0.3) is 0 Å². The van der Waals surface area contributed by atoms with E-state index >= 15 is 0 Å². The first-order valence-electron chi connectivity index (χ1n) is 4.97. The molecule has 0 bridgehead atoms. The largest absolute Gasteiger partial charge is 0.491 e. The van der Waals surface area contributed by atoms with Crippen LogP contribution in [0.2, 0.25) is 0 Å². The van der Waals surface area contributed by atoms with Crippen LogP contribution in [-0.2, 0) is 4.79 Å². The maximum atomic E-state index is 11.6. The average Bonchev–Trinajstić information content (AvgIpc) is 2.35. The number of aromatic nitrogens is 1. The molecule has 1 aromatic heterocycles. The highest BCUT2D eigenvalue weighted by atomic mass is 16.5. The topological polar surface area (TPSA) is 135 Å². The van der Waals surface area contributed by atoms with Gasteiger partial charge in [0, 0.05) is 12.3 Å². The quantitative estimate of drug-likeness (QED) is 0.480. The highest BCUT2D eigenvalue weighted by molar-refractivity contribution is 5.95. The van der Waals surface area contributed by atoms with E-state index in [2.05, 4.69) is 10.3 Å². The molecule has 0 saturated carbocycles. The van der Waals surface area contributed by atoms with E-state index in [1.54, 1.807) is 0 Å². The summed E-state index contributed by atoms with van der Waals surface area (Å²) in [7, 11) is 1.32. The molecule has 8 heteroatoms. The second-order valence-electron chi connectivity index (χ2n) is 3.39. The Morgan fingerprint density at radius 3 is 2.72 bits per heavy atom. The third-order valence-corrected chi connectivity index (χ3v) is 2.17. The fourth-order valence-electron chi connectivity index (χ4n) is 1.19. The van der Waals surface area contributed by atoms with E-state index in [0.29, 0.717) is 0 Å². The summed E-state index contributed by atoms with van der Waals surface area (Å²) in [5.74, 6) is -1.55. The molecule has 0 radical (unpaired) electrons. The zero-order valence-electron chi connectivity index (χ0n) is 9.60. The van der Waals surface area contributed by atoms with Gasteiger partial charge in [0.15, 0.2) is 5.75 Å². The Balaban J connectivity index is 2.88. The number of hydrogen-bond acceptors (Lipinski definition) is 5. The van der Waals surface area contributed by atoms with E-state index in [0.717, 1.165) is 6.07 Å². The number of ether oxygens (including phenoxy) is 1. The highest BCUT2D eigenvalue weighted by Crippen LogP contribution is 2.00. The number of primary amides is 1. The number of hydrogen-bond donors (Lipinski definition) is 4. The number of carbonyl (C=O) groups excluding carboxylic acids is 2. The normalized spacial score (nSPS) is 11.7. The zero-order valence-corrected chi connectivity index (χ0v) is 9.60. The van der Waals surface area contributed by atoms with E-state index in [1.807, 2.05) is 0 Å². The molecular weight excluding hydrogens is 242 g/mol. The van der Waals surface area contributed by atoms with Crippen molar-refractivity contribution in [3.8, 4) is 5.75 Å². The standard InChI is InChI=1S/C10H13N3O5/c1-18-8-3-12-5(2-7(8)15)10(17)13-6(4-14)9(11)16/h2-3,6,14H,4H2,1H3,(H2,11,16)(H,12,15)(H,13,17)/t6-/m0/s1. The summed E-state index contributed by atoms with van der Waals surface area (Å²) in [5.41, 5.74) is 4.39. The van der Waals surface area contributed by atoms with Gasteiger partial charge < -0.3 is 25.9 Å². The molecule has 0 unspecified atom stereocenters. The van der Waals surface area contributed by atoms with E-state index in [1.165, 1.54) is 13.3 Å². The zero-order chi connectivity index (χ0) is 13.7. The number of methoxy groups -OCH3 is 1. The molecule has 1 aromatic rings. The Morgan fingerprint density at radius 1 is 1.61 bits per heavy atom. The van der Waals surface area contributed by atoms with Gasteiger partial charge in [-0.15, -0.1) is 0 Å². The summed E-state index contributed by atoms with van der Waals surface area (Å²) in [4.78, 5) is 36.4. The molecule has 1 atom stereocenters. The number of rotatable bonds is 5. The van der Waals surface area contributed by atoms with Crippen LogP contribution in [0.4, 0.5) is 0 Å². The van der Waals surface area contributed by atoms with Crippen molar-refractivity contribution in [1.82, 2.24) is 10.3 Å². The number of carbonyl (C=O) groups is 2.